The van der Waals surface area contributed by atoms with E-state index in [9.17, 15) is 4.79 Å². The first-order valence-corrected chi connectivity index (χ1v) is 10.4. The van der Waals surface area contributed by atoms with Gasteiger partial charge in [0, 0.05) is 17.3 Å². The van der Waals surface area contributed by atoms with E-state index in [-0.39, 0.29) is 0 Å². The molecular formula is C24H28N2O5S. The number of hydrogen-bond donors (Lipinski definition) is 1. The second-order valence-corrected chi connectivity index (χ2v) is 7.83. The maximum absolute atomic E-state index is 13.0. The van der Waals surface area contributed by atoms with E-state index in [4.69, 9.17) is 31.2 Å². The molecule has 0 unspecified atom stereocenters. The van der Waals surface area contributed by atoms with Crippen molar-refractivity contribution >= 4 is 29.0 Å². The van der Waals surface area contributed by atoms with Gasteiger partial charge in [0.1, 0.15) is 5.75 Å². The standard InChI is InChI=1S/C24H28N2O5S/c1-13-8-9-14(2)17(10-13)26-15(3)21(23(27)31-7)22(25-24(26)32)16-11-19(29-5)20(30-6)12-18(16)28-4/h8-12,22H,1-7H3,(H,25,32)/t22-/m0/s1. The third-order valence-electron chi connectivity index (χ3n) is 5.54. The summed E-state index contributed by atoms with van der Waals surface area (Å²) in [6, 6.07) is 9.01. The highest BCUT2D eigenvalue weighted by Crippen LogP contribution is 2.43. The van der Waals surface area contributed by atoms with Gasteiger partial charge in [0.2, 0.25) is 0 Å². The molecule has 1 atom stereocenters. The highest BCUT2D eigenvalue weighted by molar-refractivity contribution is 7.80. The van der Waals surface area contributed by atoms with Gasteiger partial charge in [-0.05, 0) is 56.2 Å². The zero-order chi connectivity index (χ0) is 23.6. The van der Waals surface area contributed by atoms with Crippen molar-refractivity contribution in [3.8, 4) is 17.2 Å². The summed E-state index contributed by atoms with van der Waals surface area (Å²) in [4.78, 5) is 14.9. The Labute approximate surface area is 193 Å². The molecule has 0 radical (unpaired) electrons. The van der Waals surface area contributed by atoms with Crippen LogP contribution in [0.15, 0.2) is 41.6 Å². The van der Waals surface area contributed by atoms with Crippen LogP contribution in [0.5, 0.6) is 17.2 Å². The minimum atomic E-state index is -0.605. The van der Waals surface area contributed by atoms with Gasteiger partial charge < -0.3 is 24.3 Å². The molecule has 0 fully saturated rings. The zero-order valence-corrected chi connectivity index (χ0v) is 20.2. The number of nitrogens with one attached hydrogen (secondary N) is 1. The fraction of sp³-hybridized carbons (Fsp3) is 0.333. The molecular weight excluding hydrogens is 428 g/mol. The van der Waals surface area contributed by atoms with Crippen molar-refractivity contribution in [3.63, 3.8) is 0 Å². The maximum Gasteiger partial charge on any atom is 0.337 e. The molecule has 170 valence electrons. The molecule has 1 N–H and O–H groups in total. The van der Waals surface area contributed by atoms with Crippen molar-refractivity contribution in [3.05, 3.63) is 58.3 Å². The van der Waals surface area contributed by atoms with Crippen LogP contribution in [-0.2, 0) is 9.53 Å². The zero-order valence-electron chi connectivity index (χ0n) is 19.4. The van der Waals surface area contributed by atoms with Crippen LogP contribution in [-0.4, -0.2) is 39.5 Å². The van der Waals surface area contributed by atoms with Gasteiger partial charge in [0.25, 0.3) is 0 Å². The molecule has 2 aromatic carbocycles. The number of ether oxygens (including phenoxy) is 4. The Bertz CT molecular complexity index is 1100. The monoisotopic (exact) mass is 456 g/mol. The number of hydrogen-bond acceptors (Lipinski definition) is 6. The van der Waals surface area contributed by atoms with Crippen LogP contribution in [0.4, 0.5) is 5.69 Å². The van der Waals surface area contributed by atoms with Crippen molar-refractivity contribution in [2.75, 3.05) is 33.3 Å². The highest BCUT2D eigenvalue weighted by Gasteiger charge is 2.37. The fourth-order valence-electron chi connectivity index (χ4n) is 3.88. The van der Waals surface area contributed by atoms with E-state index in [1.54, 1.807) is 33.5 Å². The van der Waals surface area contributed by atoms with E-state index in [2.05, 4.69) is 5.32 Å². The van der Waals surface area contributed by atoms with Crippen molar-refractivity contribution in [2.45, 2.75) is 26.8 Å². The molecule has 0 saturated carbocycles. The lowest BCUT2D eigenvalue weighted by molar-refractivity contribution is -0.136. The van der Waals surface area contributed by atoms with Gasteiger partial charge in [0.15, 0.2) is 16.6 Å². The van der Waals surface area contributed by atoms with Crippen molar-refractivity contribution in [1.29, 1.82) is 0 Å². The lowest BCUT2D eigenvalue weighted by Crippen LogP contribution is -2.48. The van der Waals surface area contributed by atoms with Gasteiger partial charge in [-0.1, -0.05) is 12.1 Å². The molecule has 0 aromatic heterocycles. The minimum Gasteiger partial charge on any atom is -0.496 e. The van der Waals surface area contributed by atoms with Gasteiger partial charge >= 0.3 is 5.97 Å². The van der Waals surface area contributed by atoms with Gasteiger partial charge in [-0.3, -0.25) is 4.90 Å². The number of anilines is 1. The first kappa shape index (κ1) is 23.4. The van der Waals surface area contributed by atoms with E-state index in [0.717, 1.165) is 16.8 Å². The van der Waals surface area contributed by atoms with Gasteiger partial charge in [-0.15, -0.1) is 0 Å². The molecule has 1 heterocycles. The third kappa shape index (κ3) is 4.10. The average molecular weight is 457 g/mol. The number of carbonyl (C=O) groups excluding carboxylic acids is 1. The number of methoxy groups -OCH3 is 4. The average Bonchev–Trinajstić information content (AvgIpc) is 2.79. The number of benzene rings is 2. The Hall–Kier alpha value is -3.26. The number of allylic oxidation sites excluding steroid dienone is 1. The lowest BCUT2D eigenvalue weighted by Gasteiger charge is -2.38. The Morgan fingerprint density at radius 1 is 0.938 bits per heavy atom. The van der Waals surface area contributed by atoms with E-state index in [0.29, 0.717) is 39.2 Å². The second-order valence-electron chi connectivity index (χ2n) is 7.45. The van der Waals surface area contributed by atoms with Crippen molar-refractivity contribution < 1.29 is 23.7 Å². The van der Waals surface area contributed by atoms with Gasteiger partial charge in [-0.2, -0.15) is 0 Å². The first-order valence-electron chi connectivity index (χ1n) is 10.0. The van der Waals surface area contributed by atoms with Gasteiger partial charge in [0.05, 0.1) is 45.7 Å². The summed E-state index contributed by atoms with van der Waals surface area (Å²) in [6.07, 6.45) is 0. The predicted octanol–water partition coefficient (Wildman–Crippen LogP) is 4.21. The number of aryl methyl sites for hydroxylation is 2. The molecule has 0 saturated heterocycles. The van der Waals surface area contributed by atoms with Crippen LogP contribution < -0.4 is 24.4 Å². The topological polar surface area (TPSA) is 69.3 Å². The van der Waals surface area contributed by atoms with E-state index >= 15 is 0 Å². The van der Waals surface area contributed by atoms with Crippen LogP contribution in [0.3, 0.4) is 0 Å². The summed E-state index contributed by atoms with van der Waals surface area (Å²) >= 11 is 5.76. The molecule has 0 bridgehead atoms. The van der Waals surface area contributed by atoms with Crippen LogP contribution in [0.1, 0.15) is 29.7 Å². The maximum atomic E-state index is 13.0. The van der Waals surface area contributed by atoms with Crippen LogP contribution in [0.2, 0.25) is 0 Å². The molecule has 0 aliphatic carbocycles. The Morgan fingerprint density at radius 2 is 1.56 bits per heavy atom. The summed E-state index contributed by atoms with van der Waals surface area (Å²) in [5, 5.41) is 3.77. The molecule has 8 heteroatoms. The largest absolute Gasteiger partial charge is 0.496 e. The number of thiocarbonyl (C=S) groups is 1. The molecule has 32 heavy (non-hydrogen) atoms. The van der Waals surface area contributed by atoms with E-state index < -0.39 is 12.0 Å². The van der Waals surface area contributed by atoms with Crippen molar-refractivity contribution in [2.24, 2.45) is 0 Å². The van der Waals surface area contributed by atoms with E-state index in [1.165, 1.54) is 7.11 Å². The molecule has 3 rings (SSSR count). The normalized spacial score (nSPS) is 15.9. The first-order chi connectivity index (χ1) is 15.3. The van der Waals surface area contributed by atoms with Crippen LogP contribution in [0, 0.1) is 13.8 Å². The molecule has 7 nitrogen and oxygen atoms in total. The molecule has 1 aliphatic rings. The predicted molar refractivity (Wildman–Crippen MR) is 128 cm³/mol. The number of nitrogens with zero attached hydrogens (tertiary/aromatic N) is 1. The summed E-state index contributed by atoms with van der Waals surface area (Å²) in [7, 11) is 6.03. The number of rotatable bonds is 6. The molecule has 2 aromatic rings. The fourth-order valence-corrected chi connectivity index (χ4v) is 4.23. The second kappa shape index (κ2) is 9.48. The van der Waals surface area contributed by atoms with E-state index in [1.807, 2.05) is 43.9 Å². The summed E-state index contributed by atoms with van der Waals surface area (Å²) in [5.41, 5.74) is 4.80. The summed E-state index contributed by atoms with van der Waals surface area (Å²) in [5.74, 6) is 1.09. The summed E-state index contributed by atoms with van der Waals surface area (Å²) < 4.78 is 21.6. The number of carbonyl (C=O) groups is 1. The Balaban J connectivity index is 2.25. The smallest absolute Gasteiger partial charge is 0.337 e. The quantitative estimate of drug-likeness (QED) is 0.512. The van der Waals surface area contributed by atoms with Crippen molar-refractivity contribution in [1.82, 2.24) is 5.32 Å². The van der Waals surface area contributed by atoms with Gasteiger partial charge in [-0.25, -0.2) is 4.79 Å². The number of esters is 1. The third-order valence-corrected chi connectivity index (χ3v) is 5.84. The summed E-state index contributed by atoms with van der Waals surface area (Å²) in [6.45, 7) is 5.88. The van der Waals surface area contributed by atoms with Crippen LogP contribution in [0.25, 0.3) is 0 Å². The minimum absolute atomic E-state index is 0.424. The molecule has 0 amide bonds. The SMILES string of the molecule is COC(=O)C1=C(C)N(c2cc(C)ccc2C)C(=S)N[C@H]1c1cc(OC)c(OC)cc1OC. The van der Waals surface area contributed by atoms with Crippen LogP contribution >= 0.6 is 12.2 Å². The Morgan fingerprint density at radius 3 is 2.16 bits per heavy atom. The highest BCUT2D eigenvalue weighted by atomic mass is 32.1. The molecule has 1 aliphatic heterocycles. The molecule has 0 spiro atoms. The Kier molecular flexibility index (Phi) is 6.93. The lowest BCUT2D eigenvalue weighted by atomic mass is 9.93.